The fraction of sp³-hybridized carbons (Fsp3) is 0.455. The summed E-state index contributed by atoms with van der Waals surface area (Å²) in [7, 11) is 0. The number of carbonyl (C=O) groups is 1. The molecule has 0 aliphatic rings. The van der Waals surface area contributed by atoms with Crippen LogP contribution in [0.3, 0.4) is 0 Å². The van der Waals surface area contributed by atoms with E-state index in [1.165, 1.54) is 0 Å². The lowest BCUT2D eigenvalue weighted by molar-refractivity contribution is -0.140. The van der Waals surface area contributed by atoms with E-state index in [1.54, 1.807) is 6.20 Å². The van der Waals surface area contributed by atoms with E-state index in [1.807, 2.05) is 32.0 Å². The van der Waals surface area contributed by atoms with Gasteiger partial charge in [0.25, 0.3) is 0 Å². The van der Waals surface area contributed by atoms with Crippen LogP contribution >= 0.6 is 0 Å². The molecule has 0 radical (unpaired) electrons. The Morgan fingerprint density at radius 1 is 1.53 bits per heavy atom. The van der Waals surface area contributed by atoms with Gasteiger partial charge in [0.05, 0.1) is 5.69 Å². The van der Waals surface area contributed by atoms with Crippen molar-refractivity contribution >= 4 is 5.97 Å². The molecule has 0 unspecified atom stereocenters. The lowest BCUT2D eigenvalue weighted by Gasteiger charge is -2.17. The van der Waals surface area contributed by atoms with Gasteiger partial charge in [-0.1, -0.05) is 19.9 Å². The zero-order chi connectivity index (χ0) is 11.3. The van der Waals surface area contributed by atoms with E-state index in [9.17, 15) is 4.79 Å². The van der Waals surface area contributed by atoms with Gasteiger partial charge in [0, 0.05) is 12.7 Å². The van der Waals surface area contributed by atoms with Crippen LogP contribution in [0.4, 0.5) is 0 Å². The highest BCUT2D eigenvalue weighted by atomic mass is 16.4. The van der Waals surface area contributed by atoms with E-state index in [2.05, 4.69) is 10.3 Å². The van der Waals surface area contributed by atoms with Crippen molar-refractivity contribution in [1.29, 1.82) is 0 Å². The van der Waals surface area contributed by atoms with Gasteiger partial charge in [0.1, 0.15) is 6.04 Å². The average Bonchev–Trinajstić information content (AvgIpc) is 2.18. The summed E-state index contributed by atoms with van der Waals surface area (Å²) in [6, 6.07) is 5.06. The number of rotatable bonds is 5. The van der Waals surface area contributed by atoms with Crippen LogP contribution < -0.4 is 5.32 Å². The van der Waals surface area contributed by atoms with E-state index >= 15 is 0 Å². The summed E-state index contributed by atoms with van der Waals surface area (Å²) in [5.74, 6) is -0.757. The highest BCUT2D eigenvalue weighted by Gasteiger charge is 2.20. The van der Waals surface area contributed by atoms with Crippen LogP contribution in [-0.4, -0.2) is 22.1 Å². The third kappa shape index (κ3) is 3.67. The molecule has 0 fully saturated rings. The van der Waals surface area contributed by atoms with Crippen LogP contribution in [0, 0.1) is 5.92 Å². The molecule has 0 spiro atoms. The number of hydrogen-bond donors (Lipinski definition) is 2. The fourth-order valence-electron chi connectivity index (χ4n) is 1.33. The molecule has 1 rings (SSSR count). The van der Waals surface area contributed by atoms with Crippen molar-refractivity contribution in [3.63, 3.8) is 0 Å². The molecule has 2 N–H and O–H groups in total. The van der Waals surface area contributed by atoms with Gasteiger partial charge in [-0.05, 0) is 18.1 Å². The molecule has 4 nitrogen and oxygen atoms in total. The van der Waals surface area contributed by atoms with Crippen molar-refractivity contribution in [2.75, 3.05) is 0 Å². The predicted octanol–water partition coefficient (Wildman–Crippen LogP) is 1.28. The summed E-state index contributed by atoms with van der Waals surface area (Å²) in [5, 5.41) is 11.9. The SMILES string of the molecule is CC(C)[C@@H](NCc1ccccn1)C(=O)O. The van der Waals surface area contributed by atoms with Crippen LogP contribution in [-0.2, 0) is 11.3 Å². The number of aromatic nitrogens is 1. The lowest BCUT2D eigenvalue weighted by atomic mass is 10.0. The van der Waals surface area contributed by atoms with Crippen LogP contribution in [0.15, 0.2) is 24.4 Å². The van der Waals surface area contributed by atoms with Gasteiger partial charge in [-0.15, -0.1) is 0 Å². The van der Waals surface area contributed by atoms with Gasteiger partial charge in [-0.25, -0.2) is 0 Å². The maximum absolute atomic E-state index is 10.9. The molecule has 82 valence electrons. The third-order valence-electron chi connectivity index (χ3n) is 2.16. The number of carboxylic acids is 1. The van der Waals surface area contributed by atoms with Crippen LogP contribution in [0.5, 0.6) is 0 Å². The third-order valence-corrected chi connectivity index (χ3v) is 2.16. The molecule has 1 heterocycles. The first-order chi connectivity index (χ1) is 7.11. The van der Waals surface area contributed by atoms with Gasteiger partial charge in [-0.2, -0.15) is 0 Å². The number of nitrogens with zero attached hydrogens (tertiary/aromatic N) is 1. The van der Waals surface area contributed by atoms with Crippen molar-refractivity contribution in [2.45, 2.75) is 26.4 Å². The van der Waals surface area contributed by atoms with Gasteiger partial charge in [0.15, 0.2) is 0 Å². The molecule has 1 aromatic heterocycles. The van der Waals surface area contributed by atoms with Gasteiger partial charge in [-0.3, -0.25) is 15.1 Å². The summed E-state index contributed by atoms with van der Waals surface area (Å²) in [6.45, 7) is 4.24. The summed E-state index contributed by atoms with van der Waals surface area (Å²) in [5.41, 5.74) is 0.851. The van der Waals surface area contributed by atoms with Crippen molar-refractivity contribution in [3.8, 4) is 0 Å². The van der Waals surface area contributed by atoms with Crippen molar-refractivity contribution in [1.82, 2.24) is 10.3 Å². The first-order valence-electron chi connectivity index (χ1n) is 4.97. The summed E-state index contributed by atoms with van der Waals surface area (Å²) in [4.78, 5) is 15.0. The minimum atomic E-state index is -0.819. The summed E-state index contributed by atoms with van der Waals surface area (Å²) >= 11 is 0. The summed E-state index contributed by atoms with van der Waals surface area (Å²) < 4.78 is 0. The van der Waals surface area contributed by atoms with E-state index in [-0.39, 0.29) is 5.92 Å². The molecule has 0 saturated heterocycles. The Balaban J connectivity index is 2.51. The summed E-state index contributed by atoms with van der Waals surface area (Å²) in [6.07, 6.45) is 1.70. The predicted molar refractivity (Wildman–Crippen MR) is 57.3 cm³/mol. The molecular weight excluding hydrogens is 192 g/mol. The zero-order valence-electron chi connectivity index (χ0n) is 8.97. The first kappa shape index (κ1) is 11.7. The second-order valence-corrected chi connectivity index (χ2v) is 3.76. The Labute approximate surface area is 89.3 Å². The fourth-order valence-corrected chi connectivity index (χ4v) is 1.33. The van der Waals surface area contributed by atoms with Crippen molar-refractivity contribution in [3.05, 3.63) is 30.1 Å². The molecule has 0 saturated carbocycles. The van der Waals surface area contributed by atoms with Crippen molar-refractivity contribution < 1.29 is 9.90 Å². The Bertz CT molecular complexity index is 312. The molecule has 1 aromatic rings. The number of aliphatic carboxylic acids is 1. The van der Waals surface area contributed by atoms with Crippen molar-refractivity contribution in [2.24, 2.45) is 5.92 Å². The van der Waals surface area contributed by atoms with Crippen LogP contribution in [0.25, 0.3) is 0 Å². The molecule has 0 aromatic carbocycles. The number of hydrogen-bond acceptors (Lipinski definition) is 3. The average molecular weight is 208 g/mol. The van der Waals surface area contributed by atoms with E-state index in [0.717, 1.165) is 5.69 Å². The molecular formula is C11H16N2O2. The van der Waals surface area contributed by atoms with Crippen LogP contribution in [0.2, 0.25) is 0 Å². The zero-order valence-corrected chi connectivity index (χ0v) is 8.97. The number of nitrogens with one attached hydrogen (secondary N) is 1. The van der Waals surface area contributed by atoms with Gasteiger partial charge >= 0.3 is 5.97 Å². The highest BCUT2D eigenvalue weighted by Crippen LogP contribution is 2.03. The highest BCUT2D eigenvalue weighted by molar-refractivity contribution is 5.73. The van der Waals surface area contributed by atoms with E-state index in [0.29, 0.717) is 6.54 Å². The van der Waals surface area contributed by atoms with Gasteiger partial charge < -0.3 is 5.11 Å². The first-order valence-corrected chi connectivity index (χ1v) is 4.97. The Kier molecular flexibility index (Phi) is 4.24. The molecule has 15 heavy (non-hydrogen) atoms. The smallest absolute Gasteiger partial charge is 0.320 e. The Morgan fingerprint density at radius 3 is 2.73 bits per heavy atom. The Hall–Kier alpha value is -1.42. The standard InChI is InChI=1S/C11H16N2O2/c1-8(2)10(11(14)15)13-7-9-5-3-4-6-12-9/h3-6,8,10,13H,7H2,1-2H3,(H,14,15)/t10-/m1/s1. The van der Waals surface area contributed by atoms with Gasteiger partial charge in [0.2, 0.25) is 0 Å². The second kappa shape index (κ2) is 5.46. The quantitative estimate of drug-likeness (QED) is 0.765. The molecule has 0 bridgehead atoms. The second-order valence-electron chi connectivity index (χ2n) is 3.76. The molecule has 0 amide bonds. The minimum Gasteiger partial charge on any atom is -0.480 e. The van der Waals surface area contributed by atoms with E-state index < -0.39 is 12.0 Å². The monoisotopic (exact) mass is 208 g/mol. The molecule has 0 aliphatic heterocycles. The molecule has 1 atom stereocenters. The minimum absolute atomic E-state index is 0.0613. The number of pyridine rings is 1. The lowest BCUT2D eigenvalue weighted by Crippen LogP contribution is -2.40. The maximum atomic E-state index is 10.9. The topological polar surface area (TPSA) is 62.2 Å². The van der Waals surface area contributed by atoms with Crippen LogP contribution in [0.1, 0.15) is 19.5 Å². The largest absolute Gasteiger partial charge is 0.480 e. The molecule has 0 aliphatic carbocycles. The maximum Gasteiger partial charge on any atom is 0.320 e. The normalized spacial score (nSPS) is 12.7. The Morgan fingerprint density at radius 2 is 2.27 bits per heavy atom. The van der Waals surface area contributed by atoms with E-state index in [4.69, 9.17) is 5.11 Å². The molecule has 4 heteroatoms. The number of carboxylic acid groups (broad SMARTS) is 1.